The van der Waals surface area contributed by atoms with Crippen molar-refractivity contribution < 1.29 is 9.47 Å². The van der Waals surface area contributed by atoms with Crippen molar-refractivity contribution >= 4 is 0 Å². The molecule has 0 saturated carbocycles. The van der Waals surface area contributed by atoms with Gasteiger partial charge in [-0.2, -0.15) is 0 Å². The maximum Gasteiger partial charge on any atom is 0.161 e. The number of aryl methyl sites for hydroxylation is 2. The molecule has 0 aliphatic heterocycles. The van der Waals surface area contributed by atoms with Crippen molar-refractivity contribution in [2.75, 3.05) is 6.61 Å². The van der Waals surface area contributed by atoms with Crippen LogP contribution in [0, 0.1) is 13.8 Å². The summed E-state index contributed by atoms with van der Waals surface area (Å²) in [6.07, 6.45) is 0. The molecule has 1 N–H and O–H groups in total. The van der Waals surface area contributed by atoms with E-state index in [1.165, 1.54) is 22.3 Å². The monoisotopic (exact) mass is 375 g/mol. The normalized spacial score (nSPS) is 10.7. The lowest BCUT2D eigenvalue weighted by Crippen LogP contribution is -2.13. The Kier molecular flexibility index (Phi) is 7.10. The molecule has 0 bridgehead atoms. The summed E-state index contributed by atoms with van der Waals surface area (Å²) in [6, 6.07) is 23.2. The highest BCUT2D eigenvalue weighted by Crippen LogP contribution is 2.29. The van der Waals surface area contributed by atoms with E-state index in [1.54, 1.807) is 0 Å². The van der Waals surface area contributed by atoms with Gasteiger partial charge in [0.25, 0.3) is 0 Å². The molecule has 0 fully saturated rings. The highest BCUT2D eigenvalue weighted by molar-refractivity contribution is 5.43. The molecule has 146 valence electrons. The standard InChI is InChI=1S/C25H29NO2/c1-4-27-25-15-23(17-26-16-21-9-5-19(2)6-10-21)13-14-24(25)28-18-22-11-7-20(3)8-12-22/h5-15,26H,4,16-18H2,1-3H3. The van der Waals surface area contributed by atoms with Gasteiger partial charge in [-0.05, 0) is 49.6 Å². The van der Waals surface area contributed by atoms with Gasteiger partial charge < -0.3 is 14.8 Å². The molecular weight excluding hydrogens is 346 g/mol. The second-order valence-electron chi connectivity index (χ2n) is 7.08. The minimum Gasteiger partial charge on any atom is -0.490 e. The third kappa shape index (κ3) is 5.86. The predicted molar refractivity (Wildman–Crippen MR) is 115 cm³/mol. The molecule has 3 heteroatoms. The molecule has 0 spiro atoms. The molecule has 0 aliphatic carbocycles. The highest BCUT2D eigenvalue weighted by atomic mass is 16.5. The summed E-state index contributed by atoms with van der Waals surface area (Å²) in [6.45, 7) is 8.96. The second kappa shape index (κ2) is 9.95. The molecule has 0 radical (unpaired) electrons. The van der Waals surface area contributed by atoms with E-state index in [4.69, 9.17) is 9.47 Å². The number of rotatable bonds is 9. The summed E-state index contributed by atoms with van der Waals surface area (Å²) in [5.74, 6) is 1.58. The first-order chi connectivity index (χ1) is 13.6. The van der Waals surface area contributed by atoms with Crippen LogP contribution in [0.25, 0.3) is 0 Å². The molecular formula is C25H29NO2. The number of nitrogens with one attached hydrogen (secondary N) is 1. The molecule has 0 unspecified atom stereocenters. The minimum absolute atomic E-state index is 0.533. The Labute approximate surface area is 168 Å². The zero-order valence-corrected chi connectivity index (χ0v) is 17.0. The molecule has 0 amide bonds. The van der Waals surface area contributed by atoms with E-state index in [9.17, 15) is 0 Å². The van der Waals surface area contributed by atoms with Gasteiger partial charge >= 0.3 is 0 Å². The number of hydrogen-bond acceptors (Lipinski definition) is 3. The molecule has 0 saturated heterocycles. The predicted octanol–water partition coefficient (Wildman–Crippen LogP) is 5.57. The second-order valence-corrected chi connectivity index (χ2v) is 7.08. The summed E-state index contributed by atoms with van der Waals surface area (Å²) in [5, 5.41) is 3.49. The molecule has 0 atom stereocenters. The Bertz CT molecular complexity index is 870. The van der Waals surface area contributed by atoms with Gasteiger partial charge in [-0.3, -0.25) is 0 Å². The van der Waals surface area contributed by atoms with Crippen LogP contribution in [0.4, 0.5) is 0 Å². The fourth-order valence-electron chi connectivity index (χ4n) is 2.95. The van der Waals surface area contributed by atoms with Gasteiger partial charge in [0.15, 0.2) is 11.5 Å². The lowest BCUT2D eigenvalue weighted by molar-refractivity contribution is 0.269. The van der Waals surface area contributed by atoms with E-state index in [0.717, 1.165) is 30.2 Å². The summed E-state index contributed by atoms with van der Waals surface area (Å²) in [5.41, 5.74) is 6.15. The van der Waals surface area contributed by atoms with Crippen LogP contribution in [-0.2, 0) is 19.7 Å². The van der Waals surface area contributed by atoms with Gasteiger partial charge in [0.1, 0.15) is 6.61 Å². The summed E-state index contributed by atoms with van der Waals surface area (Å²) >= 11 is 0. The van der Waals surface area contributed by atoms with Crippen LogP contribution < -0.4 is 14.8 Å². The number of benzene rings is 3. The zero-order chi connectivity index (χ0) is 19.8. The van der Waals surface area contributed by atoms with E-state index in [1.807, 2.05) is 13.0 Å². The van der Waals surface area contributed by atoms with Gasteiger partial charge in [0.2, 0.25) is 0 Å². The van der Waals surface area contributed by atoms with E-state index in [-0.39, 0.29) is 0 Å². The Morgan fingerprint density at radius 1 is 0.643 bits per heavy atom. The minimum atomic E-state index is 0.533. The molecule has 0 aromatic heterocycles. The van der Waals surface area contributed by atoms with E-state index < -0.39 is 0 Å². The van der Waals surface area contributed by atoms with E-state index in [2.05, 4.69) is 79.8 Å². The molecule has 3 aromatic rings. The van der Waals surface area contributed by atoms with Crippen LogP contribution in [0.3, 0.4) is 0 Å². The Morgan fingerprint density at radius 3 is 1.86 bits per heavy atom. The van der Waals surface area contributed by atoms with Crippen LogP contribution in [0.5, 0.6) is 11.5 Å². The lowest BCUT2D eigenvalue weighted by Gasteiger charge is -2.14. The van der Waals surface area contributed by atoms with Crippen molar-refractivity contribution in [2.45, 2.75) is 40.5 Å². The smallest absolute Gasteiger partial charge is 0.161 e. The summed E-state index contributed by atoms with van der Waals surface area (Å²) in [4.78, 5) is 0. The maximum absolute atomic E-state index is 6.01. The SMILES string of the molecule is CCOc1cc(CNCc2ccc(C)cc2)ccc1OCc1ccc(C)cc1. The van der Waals surface area contributed by atoms with Gasteiger partial charge in [-0.1, -0.05) is 65.7 Å². The lowest BCUT2D eigenvalue weighted by atomic mass is 10.1. The van der Waals surface area contributed by atoms with Gasteiger partial charge in [0, 0.05) is 13.1 Å². The fraction of sp³-hybridized carbons (Fsp3) is 0.280. The van der Waals surface area contributed by atoms with Crippen molar-refractivity contribution in [3.05, 3.63) is 94.5 Å². The number of hydrogen-bond donors (Lipinski definition) is 1. The van der Waals surface area contributed by atoms with Gasteiger partial charge in [-0.25, -0.2) is 0 Å². The molecule has 0 aliphatic rings. The zero-order valence-electron chi connectivity index (χ0n) is 17.0. The van der Waals surface area contributed by atoms with Crippen LogP contribution in [0.2, 0.25) is 0 Å². The highest BCUT2D eigenvalue weighted by Gasteiger charge is 2.07. The Hall–Kier alpha value is -2.78. The Balaban J connectivity index is 1.59. The van der Waals surface area contributed by atoms with E-state index in [0.29, 0.717) is 13.2 Å². The third-order valence-corrected chi connectivity index (χ3v) is 4.60. The first-order valence-corrected chi connectivity index (χ1v) is 9.84. The largest absolute Gasteiger partial charge is 0.490 e. The van der Waals surface area contributed by atoms with Crippen LogP contribution in [-0.4, -0.2) is 6.61 Å². The van der Waals surface area contributed by atoms with Crippen molar-refractivity contribution in [1.29, 1.82) is 0 Å². The van der Waals surface area contributed by atoms with Crippen LogP contribution in [0.15, 0.2) is 66.7 Å². The fourth-order valence-corrected chi connectivity index (χ4v) is 2.95. The molecule has 3 nitrogen and oxygen atoms in total. The quantitative estimate of drug-likeness (QED) is 0.530. The van der Waals surface area contributed by atoms with Crippen molar-refractivity contribution in [3.63, 3.8) is 0 Å². The topological polar surface area (TPSA) is 30.5 Å². The molecule has 3 rings (SSSR count). The van der Waals surface area contributed by atoms with Crippen LogP contribution >= 0.6 is 0 Å². The van der Waals surface area contributed by atoms with Gasteiger partial charge in [-0.15, -0.1) is 0 Å². The van der Waals surface area contributed by atoms with Crippen LogP contribution in [0.1, 0.15) is 34.7 Å². The van der Waals surface area contributed by atoms with Crippen molar-refractivity contribution in [3.8, 4) is 11.5 Å². The van der Waals surface area contributed by atoms with Crippen molar-refractivity contribution in [2.24, 2.45) is 0 Å². The first kappa shape index (κ1) is 20.0. The van der Waals surface area contributed by atoms with Gasteiger partial charge in [0.05, 0.1) is 6.61 Å². The average molecular weight is 376 g/mol. The van der Waals surface area contributed by atoms with Crippen molar-refractivity contribution in [1.82, 2.24) is 5.32 Å². The Morgan fingerprint density at radius 2 is 1.21 bits per heavy atom. The average Bonchev–Trinajstić information content (AvgIpc) is 2.70. The molecule has 0 heterocycles. The molecule has 3 aromatic carbocycles. The first-order valence-electron chi connectivity index (χ1n) is 9.84. The van der Waals surface area contributed by atoms with E-state index >= 15 is 0 Å². The third-order valence-electron chi connectivity index (χ3n) is 4.60. The summed E-state index contributed by atoms with van der Waals surface area (Å²) in [7, 11) is 0. The summed E-state index contributed by atoms with van der Waals surface area (Å²) < 4.78 is 11.8. The molecule has 28 heavy (non-hydrogen) atoms. The maximum atomic E-state index is 6.01. The number of ether oxygens (including phenoxy) is 2.